The Balaban J connectivity index is 1.70. The molecule has 0 aromatic heterocycles. The summed E-state index contributed by atoms with van der Waals surface area (Å²) in [6, 6.07) is 13.8. The van der Waals surface area contributed by atoms with Crippen LogP contribution in [0.4, 0.5) is 0 Å². The molecule has 0 unspecified atom stereocenters. The number of allylic oxidation sites excluding steroid dienone is 1. The summed E-state index contributed by atoms with van der Waals surface area (Å²) in [4.78, 5) is 12.8. The summed E-state index contributed by atoms with van der Waals surface area (Å²) < 4.78 is 50.2. The minimum Gasteiger partial charge on any atom is -0.497 e. The van der Waals surface area contributed by atoms with Crippen LogP contribution in [0.25, 0.3) is 0 Å². The third-order valence-electron chi connectivity index (χ3n) is 5.86. The van der Waals surface area contributed by atoms with E-state index in [9.17, 15) is 18.3 Å². The fourth-order valence-electron chi connectivity index (χ4n) is 3.86. The zero-order chi connectivity index (χ0) is 27.5. The zero-order valence-electron chi connectivity index (χ0n) is 21.3. The van der Waals surface area contributed by atoms with Crippen molar-refractivity contribution in [3.8, 4) is 5.75 Å². The van der Waals surface area contributed by atoms with Crippen molar-refractivity contribution in [2.75, 3.05) is 53.7 Å². The molecule has 0 radical (unpaired) electrons. The molecule has 1 aliphatic heterocycles. The Bertz CT molecular complexity index is 1170. The van der Waals surface area contributed by atoms with Gasteiger partial charge in [0.05, 0.1) is 31.8 Å². The largest absolute Gasteiger partial charge is 0.497 e. The van der Waals surface area contributed by atoms with Gasteiger partial charge < -0.3 is 29.4 Å². The summed E-state index contributed by atoms with van der Waals surface area (Å²) >= 11 is 3.43. The second-order valence-electron chi connectivity index (χ2n) is 8.39. The van der Waals surface area contributed by atoms with E-state index >= 15 is 0 Å². The highest BCUT2D eigenvalue weighted by atomic mass is 79.9. The van der Waals surface area contributed by atoms with E-state index in [2.05, 4.69) is 21.2 Å². The van der Waals surface area contributed by atoms with Crippen LogP contribution in [0.5, 0.6) is 5.75 Å². The highest BCUT2D eigenvalue weighted by Crippen LogP contribution is 2.32. The highest BCUT2D eigenvalue weighted by molar-refractivity contribution is 9.10. The summed E-state index contributed by atoms with van der Waals surface area (Å²) in [5, 5.41) is 12.2. The van der Waals surface area contributed by atoms with Crippen molar-refractivity contribution in [3.63, 3.8) is 0 Å². The fourth-order valence-corrected chi connectivity index (χ4v) is 5.54. The summed E-state index contributed by atoms with van der Waals surface area (Å²) in [6.07, 6.45) is 1.41. The fraction of sp³-hybridized carbons (Fsp3) is 0.423. The maximum atomic E-state index is 13.1. The third kappa shape index (κ3) is 8.26. The molecule has 0 aliphatic carbocycles. The van der Waals surface area contributed by atoms with Crippen molar-refractivity contribution in [1.82, 2.24) is 9.62 Å². The molecular weight excluding hydrogens is 580 g/mol. The summed E-state index contributed by atoms with van der Waals surface area (Å²) in [5.41, 5.74) is 0.983. The monoisotopic (exact) mass is 612 g/mol. The van der Waals surface area contributed by atoms with Crippen molar-refractivity contribution in [2.24, 2.45) is 0 Å². The van der Waals surface area contributed by atoms with E-state index in [0.717, 1.165) is 14.3 Å². The van der Waals surface area contributed by atoms with Gasteiger partial charge in [-0.05, 0) is 48.0 Å². The quantitative estimate of drug-likeness (QED) is 0.312. The van der Waals surface area contributed by atoms with Crippen LogP contribution in [-0.4, -0.2) is 83.7 Å². The normalized spacial score (nSPS) is 17.6. The van der Waals surface area contributed by atoms with Crippen LogP contribution < -0.4 is 10.1 Å². The van der Waals surface area contributed by atoms with Crippen LogP contribution in [0, 0.1) is 0 Å². The Hall–Kier alpha value is -2.48. The predicted molar refractivity (Wildman–Crippen MR) is 144 cm³/mol. The van der Waals surface area contributed by atoms with E-state index in [1.54, 1.807) is 25.3 Å². The van der Waals surface area contributed by atoms with Crippen LogP contribution in [-0.2, 0) is 29.0 Å². The SMILES string of the molecule is COCCNC(=O)C1=C[C@@H](c2ccc(Br)cc2)C[C@@H](OCCN(CCO)S(=O)(=O)c2ccc(OC)cc2)O1. The minimum absolute atomic E-state index is 0.00825. The predicted octanol–water partition coefficient (Wildman–Crippen LogP) is 2.63. The van der Waals surface area contributed by atoms with E-state index in [0.29, 0.717) is 25.3 Å². The van der Waals surface area contributed by atoms with E-state index < -0.39 is 16.3 Å². The van der Waals surface area contributed by atoms with Crippen LogP contribution in [0.1, 0.15) is 17.9 Å². The molecule has 0 saturated heterocycles. The molecule has 1 amide bonds. The van der Waals surface area contributed by atoms with Gasteiger partial charge in [-0.3, -0.25) is 4.79 Å². The average molecular weight is 614 g/mol. The van der Waals surface area contributed by atoms with Crippen LogP contribution in [0.15, 0.2) is 69.7 Å². The number of aliphatic hydroxyl groups excluding tert-OH is 1. The van der Waals surface area contributed by atoms with E-state index in [-0.39, 0.29) is 48.8 Å². The number of nitrogens with one attached hydrogen (secondary N) is 1. The zero-order valence-corrected chi connectivity index (χ0v) is 23.7. The van der Waals surface area contributed by atoms with Gasteiger partial charge in [0.1, 0.15) is 5.75 Å². The molecule has 0 fully saturated rings. The summed E-state index contributed by atoms with van der Waals surface area (Å²) in [6.45, 7) is 0.206. The van der Waals surface area contributed by atoms with Gasteiger partial charge in [-0.1, -0.05) is 28.1 Å². The highest BCUT2D eigenvalue weighted by Gasteiger charge is 2.30. The first-order chi connectivity index (χ1) is 18.3. The number of sulfonamides is 1. The standard InChI is InChI=1S/C26H33BrN2O8S/c1-34-15-11-28-26(31)24-17-20(19-3-5-21(27)6-4-19)18-25(37-24)36-16-13-29(12-14-30)38(32,33)23-9-7-22(35-2)8-10-23/h3-10,17,20,25,30H,11-16,18H2,1-2H3,(H,28,31)/t20-,25+/m1/s1. The maximum absolute atomic E-state index is 13.1. The van der Waals surface area contributed by atoms with Gasteiger partial charge in [0.15, 0.2) is 5.76 Å². The molecular formula is C26H33BrN2O8S. The number of rotatable bonds is 14. The van der Waals surface area contributed by atoms with Gasteiger partial charge in [-0.2, -0.15) is 4.31 Å². The molecule has 2 aromatic carbocycles. The van der Waals surface area contributed by atoms with Gasteiger partial charge >= 0.3 is 0 Å². The van der Waals surface area contributed by atoms with Crippen molar-refractivity contribution in [3.05, 3.63) is 70.4 Å². The van der Waals surface area contributed by atoms with E-state index in [1.807, 2.05) is 24.3 Å². The number of aliphatic hydroxyl groups is 1. The number of halogens is 1. The lowest BCUT2D eigenvalue weighted by atomic mass is 9.93. The number of benzene rings is 2. The number of ether oxygens (including phenoxy) is 4. The molecule has 3 rings (SSSR count). The number of hydrogen-bond donors (Lipinski definition) is 2. The first kappa shape index (κ1) is 30.1. The molecule has 0 saturated carbocycles. The lowest BCUT2D eigenvalue weighted by molar-refractivity contribution is -0.146. The topological polar surface area (TPSA) is 124 Å². The molecule has 2 N–H and O–H groups in total. The first-order valence-corrected chi connectivity index (χ1v) is 14.3. The van der Waals surface area contributed by atoms with Crippen molar-refractivity contribution in [1.29, 1.82) is 0 Å². The average Bonchev–Trinajstić information content (AvgIpc) is 2.93. The van der Waals surface area contributed by atoms with Crippen molar-refractivity contribution in [2.45, 2.75) is 23.5 Å². The van der Waals surface area contributed by atoms with E-state index in [1.165, 1.54) is 19.2 Å². The van der Waals surface area contributed by atoms with E-state index in [4.69, 9.17) is 18.9 Å². The van der Waals surface area contributed by atoms with Gasteiger partial charge in [-0.25, -0.2) is 8.42 Å². The van der Waals surface area contributed by atoms with Crippen molar-refractivity contribution >= 4 is 31.9 Å². The second kappa shape index (κ2) is 14.6. The number of carbonyl (C=O) groups is 1. The molecule has 12 heteroatoms. The molecule has 2 aromatic rings. The molecule has 0 bridgehead atoms. The molecule has 2 atom stereocenters. The summed E-state index contributed by atoms with van der Waals surface area (Å²) in [5.74, 6) is 0.122. The maximum Gasteiger partial charge on any atom is 0.286 e. The first-order valence-electron chi connectivity index (χ1n) is 12.1. The lowest BCUT2D eigenvalue weighted by Gasteiger charge is -2.30. The number of nitrogens with zero attached hydrogens (tertiary/aromatic N) is 1. The van der Waals surface area contributed by atoms with Crippen LogP contribution >= 0.6 is 15.9 Å². The Labute approximate surface area is 231 Å². The number of amides is 1. The minimum atomic E-state index is -3.88. The molecule has 0 spiro atoms. The molecule has 10 nitrogen and oxygen atoms in total. The smallest absolute Gasteiger partial charge is 0.286 e. The van der Waals surface area contributed by atoms with Gasteiger partial charge in [0, 0.05) is 43.6 Å². The van der Waals surface area contributed by atoms with Gasteiger partial charge in [0.2, 0.25) is 16.3 Å². The second-order valence-corrected chi connectivity index (χ2v) is 11.2. The summed E-state index contributed by atoms with van der Waals surface area (Å²) in [7, 11) is -0.837. The third-order valence-corrected chi connectivity index (χ3v) is 8.30. The Kier molecular flexibility index (Phi) is 11.6. The Morgan fingerprint density at radius 3 is 2.45 bits per heavy atom. The van der Waals surface area contributed by atoms with Crippen LogP contribution in [0.2, 0.25) is 0 Å². The number of carbonyl (C=O) groups excluding carboxylic acids is 1. The Morgan fingerprint density at radius 2 is 1.82 bits per heavy atom. The number of hydrogen-bond acceptors (Lipinski definition) is 8. The number of methoxy groups -OCH3 is 2. The Morgan fingerprint density at radius 1 is 1.11 bits per heavy atom. The molecule has 208 valence electrons. The van der Waals surface area contributed by atoms with Gasteiger partial charge in [0.25, 0.3) is 5.91 Å². The van der Waals surface area contributed by atoms with Gasteiger partial charge in [-0.15, -0.1) is 0 Å². The molecule has 38 heavy (non-hydrogen) atoms. The molecule has 1 heterocycles. The van der Waals surface area contributed by atoms with Crippen LogP contribution in [0.3, 0.4) is 0 Å². The van der Waals surface area contributed by atoms with Crippen molar-refractivity contribution < 1.29 is 37.3 Å². The molecule has 1 aliphatic rings. The lowest BCUT2D eigenvalue weighted by Crippen LogP contribution is -2.38.